The lowest BCUT2D eigenvalue weighted by atomic mass is 10.1. The number of carbonyl (C=O) groups excluding carboxylic acids is 1. The zero-order valence-corrected chi connectivity index (χ0v) is 10.3. The van der Waals surface area contributed by atoms with Crippen molar-refractivity contribution in [1.29, 1.82) is 0 Å². The number of nitrogens with zero attached hydrogens (tertiary/aromatic N) is 2. The molecule has 94 valence electrons. The number of halogens is 1. The van der Waals surface area contributed by atoms with Gasteiger partial charge in [0.05, 0.1) is 24.0 Å². The van der Waals surface area contributed by atoms with E-state index in [0.29, 0.717) is 5.69 Å². The summed E-state index contributed by atoms with van der Waals surface area (Å²) in [6.45, 7) is 1.88. The molecule has 0 atom stereocenters. The van der Waals surface area contributed by atoms with E-state index in [-0.39, 0.29) is 18.1 Å². The molecular formula is C13H14FN3O. The number of nitrogens with one attached hydrogen (secondary N) is 1. The second-order valence-electron chi connectivity index (χ2n) is 4.12. The second kappa shape index (κ2) is 5.00. The van der Waals surface area contributed by atoms with Gasteiger partial charge in [0.1, 0.15) is 5.82 Å². The Hall–Kier alpha value is -2.17. The third kappa shape index (κ3) is 2.74. The summed E-state index contributed by atoms with van der Waals surface area (Å²) in [5, 5.41) is 6.82. The first kappa shape index (κ1) is 12.3. The predicted molar refractivity (Wildman–Crippen MR) is 66.7 cm³/mol. The van der Waals surface area contributed by atoms with E-state index in [1.165, 1.54) is 12.1 Å². The van der Waals surface area contributed by atoms with Crippen molar-refractivity contribution in [2.24, 2.45) is 7.05 Å². The van der Waals surface area contributed by atoms with Crippen LogP contribution < -0.4 is 5.32 Å². The summed E-state index contributed by atoms with van der Waals surface area (Å²) in [6.07, 6.45) is 1.83. The molecule has 5 heteroatoms. The van der Waals surface area contributed by atoms with Crippen LogP contribution in [0.4, 0.5) is 10.1 Å². The molecule has 0 unspecified atom stereocenters. The summed E-state index contributed by atoms with van der Waals surface area (Å²) >= 11 is 0. The highest BCUT2D eigenvalue weighted by Crippen LogP contribution is 2.13. The van der Waals surface area contributed by atoms with E-state index in [1.54, 1.807) is 23.0 Å². The monoisotopic (exact) mass is 247 g/mol. The Morgan fingerprint density at radius 1 is 1.39 bits per heavy atom. The van der Waals surface area contributed by atoms with Gasteiger partial charge >= 0.3 is 0 Å². The largest absolute Gasteiger partial charge is 0.323 e. The van der Waals surface area contributed by atoms with E-state index in [1.807, 2.05) is 14.0 Å². The lowest BCUT2D eigenvalue weighted by Crippen LogP contribution is -2.14. The van der Waals surface area contributed by atoms with Crippen molar-refractivity contribution in [2.45, 2.75) is 13.3 Å². The molecule has 0 spiro atoms. The molecular weight excluding hydrogens is 233 g/mol. The number of amides is 1. The van der Waals surface area contributed by atoms with E-state index in [0.717, 1.165) is 11.3 Å². The van der Waals surface area contributed by atoms with Crippen LogP contribution in [0.1, 0.15) is 11.3 Å². The van der Waals surface area contributed by atoms with Gasteiger partial charge in [-0.1, -0.05) is 12.1 Å². The van der Waals surface area contributed by atoms with Gasteiger partial charge in [0.15, 0.2) is 0 Å². The SMILES string of the molecule is Cc1c(NC(=O)Cc2ccc(F)cc2)cnn1C. The second-order valence-corrected chi connectivity index (χ2v) is 4.12. The zero-order chi connectivity index (χ0) is 13.1. The van der Waals surface area contributed by atoms with Gasteiger partial charge in [-0.3, -0.25) is 9.48 Å². The summed E-state index contributed by atoms with van der Waals surface area (Å²) in [6, 6.07) is 5.89. The van der Waals surface area contributed by atoms with E-state index in [4.69, 9.17) is 0 Å². The van der Waals surface area contributed by atoms with Crippen LogP contribution >= 0.6 is 0 Å². The molecule has 0 aliphatic heterocycles. The van der Waals surface area contributed by atoms with Crippen molar-refractivity contribution in [1.82, 2.24) is 9.78 Å². The van der Waals surface area contributed by atoms with Crippen molar-refractivity contribution in [2.75, 3.05) is 5.32 Å². The Kier molecular flexibility index (Phi) is 3.41. The zero-order valence-electron chi connectivity index (χ0n) is 10.3. The fraction of sp³-hybridized carbons (Fsp3) is 0.231. The minimum atomic E-state index is -0.303. The molecule has 1 heterocycles. The third-order valence-corrected chi connectivity index (χ3v) is 2.79. The molecule has 4 nitrogen and oxygen atoms in total. The van der Waals surface area contributed by atoms with Crippen molar-refractivity contribution in [3.8, 4) is 0 Å². The number of hydrogen-bond donors (Lipinski definition) is 1. The average Bonchev–Trinajstić information content (AvgIpc) is 2.64. The van der Waals surface area contributed by atoms with Crippen molar-refractivity contribution >= 4 is 11.6 Å². The molecule has 2 rings (SSSR count). The van der Waals surface area contributed by atoms with Crippen LogP contribution in [0.15, 0.2) is 30.5 Å². The van der Waals surface area contributed by atoms with Gasteiger partial charge in [-0.05, 0) is 24.6 Å². The van der Waals surface area contributed by atoms with Gasteiger partial charge in [-0.25, -0.2) is 4.39 Å². The molecule has 1 N–H and O–H groups in total. The Morgan fingerprint density at radius 2 is 2.06 bits per heavy atom. The fourth-order valence-corrected chi connectivity index (χ4v) is 1.60. The van der Waals surface area contributed by atoms with Crippen LogP contribution in [0.3, 0.4) is 0 Å². The van der Waals surface area contributed by atoms with E-state index in [9.17, 15) is 9.18 Å². The molecule has 0 radical (unpaired) electrons. The van der Waals surface area contributed by atoms with E-state index in [2.05, 4.69) is 10.4 Å². The third-order valence-electron chi connectivity index (χ3n) is 2.79. The topological polar surface area (TPSA) is 46.9 Å². The molecule has 0 bridgehead atoms. The first-order chi connectivity index (χ1) is 8.56. The summed E-state index contributed by atoms with van der Waals surface area (Å²) in [5.74, 6) is -0.444. The Bertz CT molecular complexity index is 560. The Labute approximate surface area is 104 Å². The maximum Gasteiger partial charge on any atom is 0.228 e. The van der Waals surface area contributed by atoms with Gasteiger partial charge in [0, 0.05) is 7.05 Å². The number of aromatic nitrogens is 2. The van der Waals surface area contributed by atoms with Crippen molar-refractivity contribution < 1.29 is 9.18 Å². The maximum atomic E-state index is 12.7. The van der Waals surface area contributed by atoms with Gasteiger partial charge in [0.25, 0.3) is 0 Å². The average molecular weight is 247 g/mol. The quantitative estimate of drug-likeness (QED) is 0.902. The lowest BCUT2D eigenvalue weighted by molar-refractivity contribution is -0.115. The first-order valence-corrected chi connectivity index (χ1v) is 5.59. The van der Waals surface area contributed by atoms with E-state index < -0.39 is 0 Å². The maximum absolute atomic E-state index is 12.7. The highest BCUT2D eigenvalue weighted by atomic mass is 19.1. The fourth-order valence-electron chi connectivity index (χ4n) is 1.60. The molecule has 0 saturated carbocycles. The van der Waals surface area contributed by atoms with Crippen LogP contribution in [0.5, 0.6) is 0 Å². The first-order valence-electron chi connectivity index (χ1n) is 5.59. The normalized spacial score (nSPS) is 10.4. The summed E-state index contributed by atoms with van der Waals surface area (Å²) in [7, 11) is 1.81. The molecule has 1 amide bonds. The van der Waals surface area contributed by atoms with Crippen molar-refractivity contribution in [3.63, 3.8) is 0 Å². The van der Waals surface area contributed by atoms with Gasteiger partial charge in [-0.2, -0.15) is 5.10 Å². The number of anilines is 1. The van der Waals surface area contributed by atoms with Gasteiger partial charge in [0.2, 0.25) is 5.91 Å². The van der Waals surface area contributed by atoms with Crippen LogP contribution in [-0.2, 0) is 18.3 Å². The number of carbonyl (C=O) groups is 1. The van der Waals surface area contributed by atoms with Gasteiger partial charge < -0.3 is 5.32 Å². The summed E-state index contributed by atoms with van der Waals surface area (Å²) in [5.41, 5.74) is 2.36. The van der Waals surface area contributed by atoms with Crippen LogP contribution in [0.25, 0.3) is 0 Å². The van der Waals surface area contributed by atoms with Crippen LogP contribution in [0, 0.1) is 12.7 Å². The molecule has 0 fully saturated rings. The highest BCUT2D eigenvalue weighted by Gasteiger charge is 2.08. The minimum absolute atomic E-state index is 0.141. The van der Waals surface area contributed by atoms with Gasteiger partial charge in [-0.15, -0.1) is 0 Å². The molecule has 0 saturated heterocycles. The number of benzene rings is 1. The summed E-state index contributed by atoms with van der Waals surface area (Å²) in [4.78, 5) is 11.8. The lowest BCUT2D eigenvalue weighted by Gasteiger charge is -2.04. The standard InChI is InChI=1S/C13H14FN3O/c1-9-12(8-15-17(9)2)16-13(18)7-10-3-5-11(14)6-4-10/h3-6,8H,7H2,1-2H3,(H,16,18). The number of rotatable bonds is 3. The van der Waals surface area contributed by atoms with E-state index >= 15 is 0 Å². The molecule has 1 aromatic carbocycles. The highest BCUT2D eigenvalue weighted by molar-refractivity contribution is 5.92. The molecule has 0 aliphatic rings. The summed E-state index contributed by atoms with van der Waals surface area (Å²) < 4.78 is 14.4. The predicted octanol–water partition coefficient (Wildman–Crippen LogP) is 2.05. The molecule has 1 aromatic heterocycles. The molecule has 0 aliphatic carbocycles. The van der Waals surface area contributed by atoms with Crippen molar-refractivity contribution in [3.05, 3.63) is 47.5 Å². The smallest absolute Gasteiger partial charge is 0.228 e. The number of aryl methyl sites for hydroxylation is 1. The number of hydrogen-bond acceptors (Lipinski definition) is 2. The minimum Gasteiger partial charge on any atom is -0.323 e. The Morgan fingerprint density at radius 3 is 2.61 bits per heavy atom. The molecule has 18 heavy (non-hydrogen) atoms. The Balaban J connectivity index is 2.01. The molecule has 2 aromatic rings. The van der Waals surface area contributed by atoms with Crippen LogP contribution in [-0.4, -0.2) is 15.7 Å². The van der Waals surface area contributed by atoms with Crippen LogP contribution in [0.2, 0.25) is 0 Å².